The molecule has 0 bridgehead atoms. The van der Waals surface area contributed by atoms with Crippen LogP contribution in [0.1, 0.15) is 29.5 Å². The summed E-state index contributed by atoms with van der Waals surface area (Å²) in [6.45, 7) is 3.51. The summed E-state index contributed by atoms with van der Waals surface area (Å²) in [7, 11) is 0. The van der Waals surface area contributed by atoms with Crippen molar-refractivity contribution in [3.05, 3.63) is 34.9 Å². The quantitative estimate of drug-likeness (QED) is 0.769. The summed E-state index contributed by atoms with van der Waals surface area (Å²) in [6, 6.07) is 5.33. The van der Waals surface area contributed by atoms with Gasteiger partial charge in [0.25, 0.3) is 0 Å². The summed E-state index contributed by atoms with van der Waals surface area (Å²) in [6.07, 6.45) is 0. The molecule has 1 aromatic carbocycles. The van der Waals surface area contributed by atoms with E-state index >= 15 is 0 Å². The maximum atomic E-state index is 10.7. The lowest BCUT2D eigenvalue weighted by atomic mass is 9.97. The maximum Gasteiger partial charge on any atom is 0.310 e. The van der Waals surface area contributed by atoms with Crippen LogP contribution in [-0.4, -0.2) is 16.2 Å². The second-order valence-electron chi connectivity index (χ2n) is 3.40. The van der Waals surface area contributed by atoms with Crippen LogP contribution in [-0.2, 0) is 11.4 Å². The Morgan fingerprint density at radius 1 is 1.50 bits per heavy atom. The number of hydrogen-bond acceptors (Lipinski definition) is 2. The molecule has 76 valence electrons. The molecule has 3 nitrogen and oxygen atoms in total. The third kappa shape index (κ3) is 2.12. The fraction of sp³-hybridized carbons (Fsp3) is 0.364. The maximum absolute atomic E-state index is 10.7. The second-order valence-corrected chi connectivity index (χ2v) is 3.40. The van der Waals surface area contributed by atoms with Crippen molar-refractivity contribution in [2.45, 2.75) is 26.4 Å². The standard InChI is InChI=1S/C11H14O3/c1-7-5-9(8(2)11(13)14)3-4-10(7)6-12/h3-5,8,12H,6H2,1-2H3,(H,13,14). The van der Waals surface area contributed by atoms with E-state index in [2.05, 4.69) is 0 Å². The van der Waals surface area contributed by atoms with Gasteiger partial charge in [-0.2, -0.15) is 0 Å². The number of rotatable bonds is 3. The van der Waals surface area contributed by atoms with Crippen LogP contribution in [0.15, 0.2) is 18.2 Å². The molecule has 1 unspecified atom stereocenters. The smallest absolute Gasteiger partial charge is 0.310 e. The highest BCUT2D eigenvalue weighted by Gasteiger charge is 2.13. The van der Waals surface area contributed by atoms with Gasteiger partial charge in [0.2, 0.25) is 0 Å². The van der Waals surface area contributed by atoms with Crippen LogP contribution in [0, 0.1) is 6.92 Å². The van der Waals surface area contributed by atoms with E-state index in [1.54, 1.807) is 19.1 Å². The number of aliphatic hydroxyl groups excluding tert-OH is 1. The number of aliphatic carboxylic acids is 1. The summed E-state index contributed by atoms with van der Waals surface area (Å²) >= 11 is 0. The minimum Gasteiger partial charge on any atom is -0.481 e. The van der Waals surface area contributed by atoms with E-state index in [4.69, 9.17) is 10.2 Å². The Balaban J connectivity index is 3.02. The number of benzene rings is 1. The van der Waals surface area contributed by atoms with Gasteiger partial charge in [-0.25, -0.2) is 0 Å². The van der Waals surface area contributed by atoms with Crippen LogP contribution >= 0.6 is 0 Å². The molecular formula is C11H14O3. The van der Waals surface area contributed by atoms with Crippen molar-refractivity contribution >= 4 is 5.97 Å². The molecule has 1 rings (SSSR count). The minimum absolute atomic E-state index is 0.00638. The molecule has 0 amide bonds. The number of carbonyl (C=O) groups is 1. The third-order valence-corrected chi connectivity index (χ3v) is 2.41. The number of hydrogen-bond donors (Lipinski definition) is 2. The summed E-state index contributed by atoms with van der Waals surface area (Å²) in [5, 5.41) is 17.7. The molecule has 0 aliphatic carbocycles. The van der Waals surface area contributed by atoms with Crippen molar-refractivity contribution in [1.29, 1.82) is 0 Å². The predicted molar refractivity (Wildman–Crippen MR) is 53.2 cm³/mol. The van der Waals surface area contributed by atoms with E-state index < -0.39 is 11.9 Å². The number of aryl methyl sites for hydroxylation is 1. The highest BCUT2D eigenvalue weighted by Crippen LogP contribution is 2.19. The van der Waals surface area contributed by atoms with Crippen molar-refractivity contribution in [1.82, 2.24) is 0 Å². The minimum atomic E-state index is -0.832. The normalized spacial score (nSPS) is 12.5. The van der Waals surface area contributed by atoms with Gasteiger partial charge in [0.1, 0.15) is 0 Å². The number of aliphatic hydroxyl groups is 1. The fourth-order valence-corrected chi connectivity index (χ4v) is 1.31. The van der Waals surface area contributed by atoms with E-state index in [1.807, 2.05) is 13.0 Å². The van der Waals surface area contributed by atoms with E-state index in [0.717, 1.165) is 16.7 Å². The van der Waals surface area contributed by atoms with E-state index in [1.165, 1.54) is 0 Å². The Morgan fingerprint density at radius 3 is 2.57 bits per heavy atom. The molecule has 0 aliphatic rings. The zero-order valence-electron chi connectivity index (χ0n) is 8.32. The average molecular weight is 194 g/mol. The van der Waals surface area contributed by atoms with Gasteiger partial charge in [0.15, 0.2) is 0 Å². The first-order valence-corrected chi connectivity index (χ1v) is 4.49. The number of carboxylic acid groups (broad SMARTS) is 1. The Bertz CT molecular complexity index is 344. The molecule has 1 aromatic rings. The Labute approximate surface area is 83.0 Å². The van der Waals surface area contributed by atoms with Gasteiger partial charge < -0.3 is 10.2 Å². The van der Waals surface area contributed by atoms with Crippen LogP contribution in [0.3, 0.4) is 0 Å². The van der Waals surface area contributed by atoms with Crippen molar-refractivity contribution in [3.63, 3.8) is 0 Å². The van der Waals surface area contributed by atoms with Crippen LogP contribution in [0.2, 0.25) is 0 Å². The van der Waals surface area contributed by atoms with Crippen molar-refractivity contribution < 1.29 is 15.0 Å². The van der Waals surface area contributed by atoms with E-state index in [-0.39, 0.29) is 6.61 Å². The molecule has 0 spiro atoms. The lowest BCUT2D eigenvalue weighted by Crippen LogP contribution is -2.07. The largest absolute Gasteiger partial charge is 0.481 e. The number of carboxylic acids is 1. The van der Waals surface area contributed by atoms with Crippen molar-refractivity contribution in [3.8, 4) is 0 Å². The lowest BCUT2D eigenvalue weighted by molar-refractivity contribution is -0.138. The topological polar surface area (TPSA) is 57.5 Å². The van der Waals surface area contributed by atoms with E-state index in [9.17, 15) is 4.79 Å². The molecular weight excluding hydrogens is 180 g/mol. The summed E-state index contributed by atoms with van der Waals surface area (Å²) in [5.74, 6) is -1.33. The predicted octanol–water partition coefficient (Wildman–Crippen LogP) is 1.68. The molecule has 0 saturated carbocycles. The zero-order valence-corrected chi connectivity index (χ0v) is 8.32. The summed E-state index contributed by atoms with van der Waals surface area (Å²) in [4.78, 5) is 10.7. The zero-order chi connectivity index (χ0) is 10.7. The molecule has 0 aromatic heterocycles. The lowest BCUT2D eigenvalue weighted by Gasteiger charge is -2.09. The van der Waals surface area contributed by atoms with Gasteiger partial charge in [-0.05, 0) is 30.5 Å². The summed E-state index contributed by atoms with van der Waals surface area (Å²) < 4.78 is 0. The fourth-order valence-electron chi connectivity index (χ4n) is 1.31. The van der Waals surface area contributed by atoms with Crippen LogP contribution in [0.5, 0.6) is 0 Å². The van der Waals surface area contributed by atoms with Gasteiger partial charge in [0, 0.05) is 0 Å². The molecule has 0 heterocycles. The third-order valence-electron chi connectivity index (χ3n) is 2.41. The Morgan fingerprint density at radius 2 is 2.14 bits per heavy atom. The molecule has 0 fully saturated rings. The first kappa shape index (κ1) is 10.7. The Hall–Kier alpha value is -1.35. The highest BCUT2D eigenvalue weighted by atomic mass is 16.4. The van der Waals surface area contributed by atoms with Crippen LogP contribution < -0.4 is 0 Å². The molecule has 2 N–H and O–H groups in total. The van der Waals surface area contributed by atoms with Crippen LogP contribution in [0.4, 0.5) is 0 Å². The SMILES string of the molecule is Cc1cc(C(C)C(=O)O)ccc1CO. The molecule has 14 heavy (non-hydrogen) atoms. The molecule has 0 saturated heterocycles. The van der Waals surface area contributed by atoms with Gasteiger partial charge in [-0.1, -0.05) is 18.2 Å². The van der Waals surface area contributed by atoms with Crippen molar-refractivity contribution in [2.75, 3.05) is 0 Å². The van der Waals surface area contributed by atoms with Gasteiger partial charge >= 0.3 is 5.97 Å². The van der Waals surface area contributed by atoms with Gasteiger partial charge in [-0.15, -0.1) is 0 Å². The molecule has 1 atom stereocenters. The molecule has 0 radical (unpaired) electrons. The van der Waals surface area contributed by atoms with Gasteiger partial charge in [0.05, 0.1) is 12.5 Å². The highest BCUT2D eigenvalue weighted by molar-refractivity contribution is 5.75. The van der Waals surface area contributed by atoms with Crippen molar-refractivity contribution in [2.24, 2.45) is 0 Å². The van der Waals surface area contributed by atoms with Crippen LogP contribution in [0.25, 0.3) is 0 Å². The first-order chi connectivity index (χ1) is 6.56. The van der Waals surface area contributed by atoms with Gasteiger partial charge in [-0.3, -0.25) is 4.79 Å². The molecule has 0 aliphatic heterocycles. The second kappa shape index (κ2) is 4.24. The summed E-state index contributed by atoms with van der Waals surface area (Å²) in [5.41, 5.74) is 2.54. The average Bonchev–Trinajstić information content (AvgIpc) is 2.16. The van der Waals surface area contributed by atoms with E-state index in [0.29, 0.717) is 0 Å². The Kier molecular flexibility index (Phi) is 3.25. The molecule has 3 heteroatoms. The monoisotopic (exact) mass is 194 g/mol. The first-order valence-electron chi connectivity index (χ1n) is 4.49.